The van der Waals surface area contributed by atoms with E-state index in [1.165, 1.54) is 22.3 Å². The van der Waals surface area contributed by atoms with Crippen LogP contribution in [-0.2, 0) is 0 Å². The zero-order valence-electron chi connectivity index (χ0n) is 19.3. The molecular weight excluding hydrogens is 386 g/mol. The molecule has 3 aliphatic heterocycles. The van der Waals surface area contributed by atoms with Crippen LogP contribution >= 0.6 is 0 Å². The highest BCUT2D eigenvalue weighted by molar-refractivity contribution is 6.03. The van der Waals surface area contributed by atoms with Crippen molar-refractivity contribution >= 4 is 5.71 Å². The van der Waals surface area contributed by atoms with Gasteiger partial charge in [-0.15, -0.1) is 0 Å². The number of fused-ring (bicyclic) bond motifs is 4. The Morgan fingerprint density at radius 2 is 1.90 bits per heavy atom. The van der Waals surface area contributed by atoms with Gasteiger partial charge in [0.25, 0.3) is 0 Å². The summed E-state index contributed by atoms with van der Waals surface area (Å²) in [7, 11) is 1.73. The molecule has 5 nitrogen and oxygen atoms in total. The molecule has 3 aliphatic rings. The highest BCUT2D eigenvalue weighted by atomic mass is 16.5. The van der Waals surface area contributed by atoms with Crippen LogP contribution in [0.2, 0.25) is 0 Å². The molecule has 1 fully saturated rings. The molecule has 0 amide bonds. The molecule has 0 aromatic heterocycles. The Hall–Kier alpha value is -2.53. The lowest BCUT2D eigenvalue weighted by molar-refractivity contribution is -0.153. The van der Waals surface area contributed by atoms with Gasteiger partial charge in [0.2, 0.25) is 5.72 Å². The molecule has 5 rings (SSSR count). The van der Waals surface area contributed by atoms with E-state index in [1.807, 2.05) is 6.07 Å². The van der Waals surface area contributed by atoms with Gasteiger partial charge in [-0.1, -0.05) is 29.8 Å². The van der Waals surface area contributed by atoms with E-state index in [0.29, 0.717) is 6.04 Å². The largest absolute Gasteiger partial charge is 0.493 e. The maximum atomic E-state index is 6.83. The summed E-state index contributed by atoms with van der Waals surface area (Å²) in [6, 6.07) is 13.6. The lowest BCUT2D eigenvalue weighted by Gasteiger charge is -2.51. The second kappa shape index (κ2) is 7.56. The first-order valence-corrected chi connectivity index (χ1v) is 11.5. The minimum atomic E-state index is -0.419. The van der Waals surface area contributed by atoms with Gasteiger partial charge in [0, 0.05) is 49.5 Å². The normalized spacial score (nSPS) is 22.2. The summed E-state index contributed by atoms with van der Waals surface area (Å²) in [5.74, 6) is 1.73. The van der Waals surface area contributed by atoms with Gasteiger partial charge in [-0.25, -0.2) is 5.01 Å². The fraction of sp³-hybridized carbons (Fsp3) is 0.500. The molecule has 0 N–H and O–H groups in total. The summed E-state index contributed by atoms with van der Waals surface area (Å²) >= 11 is 0. The van der Waals surface area contributed by atoms with E-state index in [-0.39, 0.29) is 6.04 Å². The number of hydrogen-bond donors (Lipinski definition) is 0. The van der Waals surface area contributed by atoms with Crippen molar-refractivity contribution in [2.75, 3.05) is 20.2 Å². The monoisotopic (exact) mass is 419 g/mol. The number of hydrazone groups is 1. The average molecular weight is 420 g/mol. The fourth-order valence-corrected chi connectivity index (χ4v) is 5.36. The van der Waals surface area contributed by atoms with Gasteiger partial charge in [-0.3, -0.25) is 0 Å². The summed E-state index contributed by atoms with van der Waals surface area (Å²) in [5, 5.41) is 7.54. The smallest absolute Gasteiger partial charge is 0.200 e. The molecule has 3 heterocycles. The van der Waals surface area contributed by atoms with Crippen molar-refractivity contribution in [2.24, 2.45) is 5.10 Å². The Kier molecular flexibility index (Phi) is 4.97. The van der Waals surface area contributed by atoms with Gasteiger partial charge in [0.15, 0.2) is 11.5 Å². The third-order valence-electron chi connectivity index (χ3n) is 7.22. The highest BCUT2D eigenvalue weighted by Crippen LogP contribution is 2.52. The standard InChI is InChI=1S/C26H33N3O2/c1-17(2)28-13-11-26(12-14-28)29-23(20-7-6-8-24(30-5)25(20)31-26)16-22(27-29)21-15-18(3)9-10-19(21)4/h6-10,15,17,23H,11-14,16H2,1-5H3/t23-/m0/s1. The van der Waals surface area contributed by atoms with E-state index in [0.717, 1.165) is 49.6 Å². The lowest BCUT2D eigenvalue weighted by Crippen LogP contribution is -2.59. The summed E-state index contributed by atoms with van der Waals surface area (Å²) < 4.78 is 12.5. The molecule has 31 heavy (non-hydrogen) atoms. The van der Waals surface area contributed by atoms with Crippen LogP contribution in [0.5, 0.6) is 11.5 Å². The minimum Gasteiger partial charge on any atom is -0.493 e. The number of piperidine rings is 1. The van der Waals surface area contributed by atoms with Crippen LogP contribution in [0.25, 0.3) is 0 Å². The number of likely N-dealkylation sites (tertiary alicyclic amines) is 1. The topological polar surface area (TPSA) is 37.3 Å². The molecule has 164 valence electrons. The van der Waals surface area contributed by atoms with E-state index in [1.54, 1.807) is 7.11 Å². The lowest BCUT2D eigenvalue weighted by atomic mass is 9.89. The zero-order valence-corrected chi connectivity index (χ0v) is 19.3. The first kappa shape index (κ1) is 20.4. The van der Waals surface area contributed by atoms with Gasteiger partial charge >= 0.3 is 0 Å². The molecule has 0 radical (unpaired) electrons. The van der Waals surface area contributed by atoms with Gasteiger partial charge in [-0.05, 0) is 45.4 Å². The Morgan fingerprint density at radius 3 is 2.61 bits per heavy atom. The van der Waals surface area contributed by atoms with Crippen LogP contribution in [0.3, 0.4) is 0 Å². The number of rotatable bonds is 3. The highest BCUT2D eigenvalue weighted by Gasteiger charge is 2.52. The third kappa shape index (κ3) is 3.30. The molecular formula is C26H33N3O2. The predicted molar refractivity (Wildman–Crippen MR) is 124 cm³/mol. The Bertz CT molecular complexity index is 1020. The van der Waals surface area contributed by atoms with E-state index < -0.39 is 5.72 Å². The quantitative estimate of drug-likeness (QED) is 0.697. The van der Waals surface area contributed by atoms with E-state index in [9.17, 15) is 0 Å². The molecule has 1 spiro atoms. The summed E-state index contributed by atoms with van der Waals surface area (Å²) in [6.07, 6.45) is 2.76. The van der Waals surface area contributed by atoms with Crippen LogP contribution in [-0.4, -0.2) is 47.6 Å². The Morgan fingerprint density at radius 1 is 1.13 bits per heavy atom. The van der Waals surface area contributed by atoms with Crippen LogP contribution < -0.4 is 9.47 Å². The molecule has 2 aromatic rings. The second-order valence-electron chi connectivity index (χ2n) is 9.49. The number of ether oxygens (including phenoxy) is 2. The number of hydrogen-bond acceptors (Lipinski definition) is 5. The Balaban J connectivity index is 1.59. The van der Waals surface area contributed by atoms with Crippen molar-refractivity contribution in [2.45, 2.75) is 64.8 Å². The molecule has 1 atom stereocenters. The number of benzene rings is 2. The molecule has 0 saturated carbocycles. The van der Waals surface area contributed by atoms with Crippen LogP contribution in [0.15, 0.2) is 41.5 Å². The average Bonchev–Trinajstić information content (AvgIpc) is 3.22. The summed E-state index contributed by atoms with van der Waals surface area (Å²) in [6.45, 7) is 10.9. The molecule has 1 saturated heterocycles. The van der Waals surface area contributed by atoms with Gasteiger partial charge < -0.3 is 14.4 Å². The van der Waals surface area contributed by atoms with E-state index in [2.05, 4.69) is 67.9 Å². The minimum absolute atomic E-state index is 0.180. The number of aryl methyl sites for hydroxylation is 2. The van der Waals surface area contributed by atoms with Gasteiger partial charge in [-0.2, -0.15) is 5.10 Å². The summed E-state index contributed by atoms with van der Waals surface area (Å²) in [5.41, 5.74) is 5.73. The van der Waals surface area contributed by atoms with Crippen LogP contribution in [0, 0.1) is 13.8 Å². The van der Waals surface area contributed by atoms with E-state index in [4.69, 9.17) is 14.6 Å². The third-order valence-corrected chi connectivity index (χ3v) is 7.22. The zero-order chi connectivity index (χ0) is 21.8. The number of para-hydroxylation sites is 1. The maximum Gasteiger partial charge on any atom is 0.200 e. The maximum absolute atomic E-state index is 6.83. The van der Waals surface area contributed by atoms with Gasteiger partial charge in [0.1, 0.15) is 0 Å². The molecule has 5 heteroatoms. The Labute approximate surface area is 185 Å². The number of methoxy groups -OCH3 is 1. The first-order chi connectivity index (χ1) is 14.9. The number of nitrogens with zero attached hydrogens (tertiary/aromatic N) is 3. The summed E-state index contributed by atoms with van der Waals surface area (Å²) in [4.78, 5) is 2.53. The predicted octanol–water partition coefficient (Wildman–Crippen LogP) is 5.06. The van der Waals surface area contributed by atoms with Gasteiger partial charge in [0.05, 0.1) is 18.9 Å². The fourth-order valence-electron chi connectivity index (χ4n) is 5.36. The van der Waals surface area contributed by atoms with Crippen molar-refractivity contribution in [1.82, 2.24) is 9.91 Å². The molecule has 0 bridgehead atoms. The van der Waals surface area contributed by atoms with Crippen molar-refractivity contribution in [3.8, 4) is 11.5 Å². The molecule has 0 aliphatic carbocycles. The second-order valence-corrected chi connectivity index (χ2v) is 9.49. The van der Waals surface area contributed by atoms with Crippen molar-refractivity contribution in [3.63, 3.8) is 0 Å². The van der Waals surface area contributed by atoms with Crippen molar-refractivity contribution in [3.05, 3.63) is 58.7 Å². The molecule has 2 aromatic carbocycles. The molecule has 0 unspecified atom stereocenters. The van der Waals surface area contributed by atoms with Crippen LogP contribution in [0.4, 0.5) is 0 Å². The van der Waals surface area contributed by atoms with E-state index >= 15 is 0 Å². The first-order valence-electron chi connectivity index (χ1n) is 11.5. The van der Waals surface area contributed by atoms with Crippen molar-refractivity contribution < 1.29 is 9.47 Å². The SMILES string of the molecule is COc1cccc2c1OC1(CCN(C(C)C)CC1)N1N=C(c3cc(C)ccc3C)C[C@@H]21. The van der Waals surface area contributed by atoms with Crippen LogP contribution in [0.1, 0.15) is 61.4 Å². The van der Waals surface area contributed by atoms with Crippen molar-refractivity contribution in [1.29, 1.82) is 0 Å².